The van der Waals surface area contributed by atoms with Gasteiger partial charge in [0.25, 0.3) is 0 Å². The molecule has 0 saturated carbocycles. The van der Waals surface area contributed by atoms with Crippen LogP contribution in [-0.2, 0) is 0 Å². The fraction of sp³-hybridized carbons (Fsp3) is 0.455. The normalized spacial score (nSPS) is 13.4. The number of benzene rings is 1. The van der Waals surface area contributed by atoms with Gasteiger partial charge >= 0.3 is 0 Å². The van der Waals surface area contributed by atoms with Crippen LogP contribution in [0.25, 0.3) is 0 Å². The minimum absolute atomic E-state index is 0.126. The summed E-state index contributed by atoms with van der Waals surface area (Å²) in [5, 5.41) is 0. The molecule has 0 unspecified atom stereocenters. The van der Waals surface area contributed by atoms with Gasteiger partial charge in [0.2, 0.25) is 0 Å². The Balaban J connectivity index is 3.01. The second-order valence-corrected chi connectivity index (χ2v) is 3.70. The zero-order chi connectivity index (χ0) is 10.0. The van der Waals surface area contributed by atoms with E-state index >= 15 is 0 Å². The van der Waals surface area contributed by atoms with Gasteiger partial charge in [0.1, 0.15) is 11.6 Å². The van der Waals surface area contributed by atoms with Crippen molar-refractivity contribution >= 4 is 0 Å². The van der Waals surface area contributed by atoms with E-state index in [1.54, 1.807) is 0 Å². The van der Waals surface area contributed by atoms with Crippen LogP contribution in [0.5, 0.6) is 0 Å². The maximum atomic E-state index is 13.2. The van der Waals surface area contributed by atoms with E-state index in [9.17, 15) is 8.78 Å². The molecule has 13 heavy (non-hydrogen) atoms. The van der Waals surface area contributed by atoms with E-state index in [-0.39, 0.29) is 5.92 Å². The van der Waals surface area contributed by atoms with Crippen molar-refractivity contribution < 1.29 is 8.78 Å². The number of rotatable bonds is 2. The molecule has 0 heterocycles. The molecule has 72 valence electrons. The molecule has 0 radical (unpaired) electrons. The lowest BCUT2D eigenvalue weighted by Gasteiger charge is -2.16. The maximum absolute atomic E-state index is 13.2. The van der Waals surface area contributed by atoms with Crippen LogP contribution in [0.15, 0.2) is 18.2 Å². The van der Waals surface area contributed by atoms with E-state index in [1.807, 2.05) is 20.8 Å². The summed E-state index contributed by atoms with van der Waals surface area (Å²) in [5.41, 5.74) is 0.594. The predicted molar refractivity (Wildman–Crippen MR) is 49.6 cm³/mol. The molecule has 0 spiro atoms. The first-order chi connectivity index (χ1) is 6.02. The molecule has 0 aliphatic carbocycles. The van der Waals surface area contributed by atoms with Gasteiger partial charge in [0, 0.05) is 6.07 Å². The summed E-state index contributed by atoms with van der Waals surface area (Å²) in [6.07, 6.45) is 0. The SMILES string of the molecule is CC(C)[C@@H](C)c1ccc(F)cc1F. The molecule has 0 aromatic heterocycles. The molecule has 0 aliphatic heterocycles. The predicted octanol–water partition coefficient (Wildman–Crippen LogP) is 3.72. The molecule has 0 fully saturated rings. The molecule has 0 N–H and O–H groups in total. The molecule has 0 amide bonds. The Bertz CT molecular complexity index is 292. The fourth-order valence-electron chi connectivity index (χ4n) is 1.23. The van der Waals surface area contributed by atoms with E-state index in [0.717, 1.165) is 6.07 Å². The molecule has 1 rings (SSSR count). The van der Waals surface area contributed by atoms with Gasteiger partial charge in [-0.1, -0.05) is 26.8 Å². The van der Waals surface area contributed by atoms with Crippen molar-refractivity contribution in [2.75, 3.05) is 0 Å². The standard InChI is InChI=1S/C11H14F2/c1-7(2)8(3)10-5-4-9(12)6-11(10)13/h4-8H,1-3H3/t8-/m1/s1. The topological polar surface area (TPSA) is 0 Å². The molecular weight excluding hydrogens is 170 g/mol. The quantitative estimate of drug-likeness (QED) is 0.657. The van der Waals surface area contributed by atoms with Gasteiger partial charge in [-0.25, -0.2) is 8.78 Å². The lowest BCUT2D eigenvalue weighted by molar-refractivity contribution is 0.495. The van der Waals surface area contributed by atoms with Crippen LogP contribution in [0.1, 0.15) is 32.3 Å². The smallest absolute Gasteiger partial charge is 0.129 e. The first kappa shape index (κ1) is 10.2. The summed E-state index contributed by atoms with van der Waals surface area (Å²) < 4.78 is 25.8. The van der Waals surface area contributed by atoms with Crippen LogP contribution in [0.3, 0.4) is 0 Å². The molecule has 1 aromatic rings. The zero-order valence-electron chi connectivity index (χ0n) is 8.14. The summed E-state index contributed by atoms with van der Waals surface area (Å²) in [4.78, 5) is 0. The third kappa shape index (κ3) is 2.27. The Hall–Kier alpha value is -0.920. The lowest BCUT2D eigenvalue weighted by atomic mass is 9.90. The fourth-order valence-corrected chi connectivity index (χ4v) is 1.23. The highest BCUT2D eigenvalue weighted by Crippen LogP contribution is 2.26. The molecule has 1 aromatic carbocycles. The Labute approximate surface area is 77.6 Å². The summed E-state index contributed by atoms with van der Waals surface area (Å²) in [6, 6.07) is 3.76. The maximum Gasteiger partial charge on any atom is 0.129 e. The van der Waals surface area contributed by atoms with E-state index < -0.39 is 11.6 Å². The van der Waals surface area contributed by atoms with E-state index in [2.05, 4.69) is 0 Å². The van der Waals surface area contributed by atoms with Crippen molar-refractivity contribution in [3.8, 4) is 0 Å². The highest BCUT2D eigenvalue weighted by Gasteiger charge is 2.14. The van der Waals surface area contributed by atoms with Gasteiger partial charge in [-0.3, -0.25) is 0 Å². The van der Waals surface area contributed by atoms with Crippen molar-refractivity contribution in [1.82, 2.24) is 0 Å². The number of halogens is 2. The molecule has 0 bridgehead atoms. The molecule has 2 heteroatoms. The van der Waals surface area contributed by atoms with Gasteiger partial charge in [-0.05, 0) is 23.5 Å². The lowest BCUT2D eigenvalue weighted by Crippen LogP contribution is -2.04. The first-order valence-corrected chi connectivity index (χ1v) is 4.47. The largest absolute Gasteiger partial charge is 0.207 e. The highest BCUT2D eigenvalue weighted by molar-refractivity contribution is 5.22. The third-order valence-electron chi connectivity index (χ3n) is 2.45. The number of hydrogen-bond acceptors (Lipinski definition) is 0. The van der Waals surface area contributed by atoms with Crippen LogP contribution in [-0.4, -0.2) is 0 Å². The Morgan fingerprint density at radius 2 is 1.69 bits per heavy atom. The second kappa shape index (κ2) is 3.86. The Morgan fingerprint density at radius 3 is 2.15 bits per heavy atom. The minimum atomic E-state index is -0.516. The summed E-state index contributed by atoms with van der Waals surface area (Å²) in [7, 11) is 0. The van der Waals surface area contributed by atoms with Gasteiger partial charge in [0.15, 0.2) is 0 Å². The van der Waals surface area contributed by atoms with Crippen LogP contribution < -0.4 is 0 Å². The third-order valence-corrected chi connectivity index (χ3v) is 2.45. The van der Waals surface area contributed by atoms with E-state index in [4.69, 9.17) is 0 Å². The zero-order valence-corrected chi connectivity index (χ0v) is 8.14. The van der Waals surface area contributed by atoms with Gasteiger partial charge < -0.3 is 0 Å². The van der Waals surface area contributed by atoms with Crippen molar-refractivity contribution in [3.63, 3.8) is 0 Å². The Morgan fingerprint density at radius 1 is 1.08 bits per heavy atom. The molecule has 1 atom stereocenters. The van der Waals surface area contributed by atoms with Crippen molar-refractivity contribution in [2.45, 2.75) is 26.7 Å². The van der Waals surface area contributed by atoms with E-state index in [1.165, 1.54) is 12.1 Å². The molecule has 0 nitrogen and oxygen atoms in total. The summed E-state index contributed by atoms with van der Waals surface area (Å²) >= 11 is 0. The van der Waals surface area contributed by atoms with Crippen LogP contribution in [0.2, 0.25) is 0 Å². The van der Waals surface area contributed by atoms with Crippen LogP contribution in [0, 0.1) is 17.6 Å². The van der Waals surface area contributed by atoms with Crippen molar-refractivity contribution in [2.24, 2.45) is 5.92 Å². The van der Waals surface area contributed by atoms with Gasteiger partial charge in [-0.2, -0.15) is 0 Å². The van der Waals surface area contributed by atoms with Gasteiger partial charge in [-0.15, -0.1) is 0 Å². The van der Waals surface area contributed by atoms with Crippen LogP contribution in [0.4, 0.5) is 8.78 Å². The van der Waals surface area contributed by atoms with Crippen molar-refractivity contribution in [3.05, 3.63) is 35.4 Å². The summed E-state index contributed by atoms with van der Waals surface area (Å²) in [6.45, 7) is 5.99. The minimum Gasteiger partial charge on any atom is -0.207 e. The van der Waals surface area contributed by atoms with E-state index in [0.29, 0.717) is 11.5 Å². The summed E-state index contributed by atoms with van der Waals surface area (Å²) in [5.74, 6) is -0.473. The van der Waals surface area contributed by atoms with Crippen LogP contribution >= 0.6 is 0 Å². The Kier molecular flexibility index (Phi) is 3.02. The second-order valence-electron chi connectivity index (χ2n) is 3.70. The van der Waals surface area contributed by atoms with Crippen molar-refractivity contribution in [1.29, 1.82) is 0 Å². The molecule has 0 saturated heterocycles. The monoisotopic (exact) mass is 184 g/mol. The van der Waals surface area contributed by atoms with Gasteiger partial charge in [0.05, 0.1) is 0 Å². The number of hydrogen-bond donors (Lipinski definition) is 0. The molecular formula is C11H14F2. The first-order valence-electron chi connectivity index (χ1n) is 4.47. The molecule has 0 aliphatic rings. The average molecular weight is 184 g/mol. The average Bonchev–Trinajstić information content (AvgIpc) is 2.03. The highest BCUT2D eigenvalue weighted by atomic mass is 19.1.